The molecule has 22 heavy (non-hydrogen) atoms. The summed E-state index contributed by atoms with van der Waals surface area (Å²) in [6, 6.07) is 12.0. The maximum Gasteiger partial charge on any atom is 0.244 e. The Labute approximate surface area is 135 Å². The lowest BCUT2D eigenvalue weighted by atomic mass is 9.90. The van der Waals surface area contributed by atoms with Crippen LogP contribution in [-0.4, -0.2) is 19.6 Å². The van der Waals surface area contributed by atoms with E-state index in [1.54, 1.807) is 24.5 Å². The van der Waals surface area contributed by atoms with Gasteiger partial charge in [0.25, 0.3) is 0 Å². The number of carbonyl (C=O) groups is 1. The molecule has 0 aliphatic heterocycles. The van der Waals surface area contributed by atoms with Crippen LogP contribution in [0.2, 0.25) is 0 Å². The summed E-state index contributed by atoms with van der Waals surface area (Å²) in [5.74, 6) is -0.114. The largest absolute Gasteiger partial charge is 0.372 e. The highest BCUT2D eigenvalue weighted by atomic mass is 32.1. The second-order valence-corrected chi connectivity index (χ2v) is 5.81. The Morgan fingerprint density at radius 3 is 2.68 bits per heavy atom. The molecule has 4 heteroatoms. The first-order valence-corrected chi connectivity index (χ1v) is 8.23. The van der Waals surface area contributed by atoms with Crippen LogP contribution in [0.3, 0.4) is 0 Å². The summed E-state index contributed by atoms with van der Waals surface area (Å²) in [6.45, 7) is 2.50. The quantitative estimate of drug-likeness (QED) is 0.789. The van der Waals surface area contributed by atoms with Gasteiger partial charge < -0.3 is 10.1 Å². The summed E-state index contributed by atoms with van der Waals surface area (Å²) in [5, 5.41) is 6.92. The van der Waals surface area contributed by atoms with Crippen molar-refractivity contribution in [3.63, 3.8) is 0 Å². The number of hydrogen-bond donors (Lipinski definition) is 1. The van der Waals surface area contributed by atoms with Crippen LogP contribution in [0.5, 0.6) is 0 Å². The minimum Gasteiger partial charge on any atom is -0.372 e. The van der Waals surface area contributed by atoms with Gasteiger partial charge in [0, 0.05) is 13.2 Å². The van der Waals surface area contributed by atoms with E-state index in [1.165, 1.54) is 0 Å². The molecule has 0 bridgehead atoms. The molecule has 1 N–H and O–H groups in total. The van der Waals surface area contributed by atoms with E-state index in [2.05, 4.69) is 12.2 Å². The summed E-state index contributed by atoms with van der Waals surface area (Å²) in [7, 11) is 1.68. The molecule has 0 fully saturated rings. The van der Waals surface area contributed by atoms with Crippen LogP contribution in [-0.2, 0) is 15.1 Å². The van der Waals surface area contributed by atoms with E-state index < -0.39 is 5.60 Å². The molecule has 0 saturated heterocycles. The highest BCUT2D eigenvalue weighted by molar-refractivity contribution is 7.08. The lowest BCUT2D eigenvalue weighted by Gasteiger charge is -2.32. The second-order valence-electron chi connectivity index (χ2n) is 5.03. The number of amides is 1. The summed E-state index contributed by atoms with van der Waals surface area (Å²) >= 11 is 1.61. The summed E-state index contributed by atoms with van der Waals surface area (Å²) in [6.07, 6.45) is 4.15. The lowest BCUT2D eigenvalue weighted by molar-refractivity contribution is -0.118. The van der Waals surface area contributed by atoms with Crippen molar-refractivity contribution in [3.8, 4) is 0 Å². The molecule has 0 saturated carbocycles. The Hall–Kier alpha value is -1.91. The highest BCUT2D eigenvalue weighted by Gasteiger charge is 2.30. The predicted octanol–water partition coefficient (Wildman–Crippen LogP) is 3.83. The summed E-state index contributed by atoms with van der Waals surface area (Å²) < 4.78 is 5.74. The van der Waals surface area contributed by atoms with Crippen molar-refractivity contribution in [1.82, 2.24) is 5.32 Å². The molecular weight excluding hydrogens is 294 g/mol. The topological polar surface area (TPSA) is 38.3 Å². The predicted molar refractivity (Wildman–Crippen MR) is 91.8 cm³/mol. The zero-order chi connectivity index (χ0) is 15.8. The van der Waals surface area contributed by atoms with Crippen LogP contribution in [0.4, 0.5) is 0 Å². The average molecular weight is 315 g/mol. The van der Waals surface area contributed by atoms with Crippen molar-refractivity contribution in [2.45, 2.75) is 18.9 Å². The standard InChI is InChI=1S/C18H21NO2S/c1-3-18(21-2,16-7-5-4-6-8-16)14-19-17(20)10-9-15-11-12-22-13-15/h4-13H,3,14H2,1-2H3,(H,19,20)/b10-9+/t18-/m1/s1. The van der Waals surface area contributed by atoms with Gasteiger partial charge in [-0.05, 0) is 40.5 Å². The minimum atomic E-state index is -0.493. The molecule has 3 nitrogen and oxygen atoms in total. The first kappa shape index (κ1) is 16.5. The third kappa shape index (κ3) is 4.06. The molecule has 2 rings (SSSR count). The zero-order valence-corrected chi connectivity index (χ0v) is 13.7. The van der Waals surface area contributed by atoms with E-state index >= 15 is 0 Å². The lowest BCUT2D eigenvalue weighted by Crippen LogP contribution is -2.41. The van der Waals surface area contributed by atoms with Crippen molar-refractivity contribution >= 4 is 23.3 Å². The van der Waals surface area contributed by atoms with Crippen molar-refractivity contribution < 1.29 is 9.53 Å². The molecule has 0 spiro atoms. The molecule has 0 aliphatic carbocycles. The molecule has 116 valence electrons. The van der Waals surface area contributed by atoms with E-state index in [0.29, 0.717) is 6.54 Å². The van der Waals surface area contributed by atoms with Gasteiger partial charge in [0.05, 0.1) is 6.54 Å². The van der Waals surface area contributed by atoms with E-state index in [9.17, 15) is 4.79 Å². The molecule has 0 radical (unpaired) electrons. The number of hydrogen-bond acceptors (Lipinski definition) is 3. The molecule has 1 heterocycles. The van der Waals surface area contributed by atoms with Gasteiger partial charge in [-0.25, -0.2) is 0 Å². The third-order valence-electron chi connectivity index (χ3n) is 3.78. The number of thiophene rings is 1. The highest BCUT2D eigenvalue weighted by Crippen LogP contribution is 2.27. The normalized spacial score (nSPS) is 13.9. The smallest absolute Gasteiger partial charge is 0.244 e. The fraction of sp³-hybridized carbons (Fsp3) is 0.278. The second kappa shape index (κ2) is 7.92. The molecular formula is C18H21NO2S. The fourth-order valence-electron chi connectivity index (χ4n) is 2.34. The van der Waals surface area contributed by atoms with Crippen molar-refractivity contribution in [1.29, 1.82) is 0 Å². The molecule has 2 aromatic rings. The van der Waals surface area contributed by atoms with Gasteiger partial charge >= 0.3 is 0 Å². The SMILES string of the molecule is CC[C@](CNC(=O)/C=C/c1ccsc1)(OC)c1ccccc1. The number of carbonyl (C=O) groups excluding carboxylic acids is 1. The van der Waals surface area contributed by atoms with Crippen LogP contribution in [0.25, 0.3) is 6.08 Å². The Bertz CT molecular complexity index is 601. The van der Waals surface area contributed by atoms with Gasteiger partial charge in [-0.3, -0.25) is 4.79 Å². The maximum atomic E-state index is 12.0. The first-order chi connectivity index (χ1) is 10.7. The fourth-order valence-corrected chi connectivity index (χ4v) is 2.97. The van der Waals surface area contributed by atoms with Gasteiger partial charge in [-0.2, -0.15) is 11.3 Å². The van der Waals surface area contributed by atoms with E-state index in [1.807, 2.05) is 53.2 Å². The van der Waals surface area contributed by atoms with Crippen LogP contribution in [0, 0.1) is 0 Å². The van der Waals surface area contributed by atoms with E-state index in [0.717, 1.165) is 17.5 Å². The van der Waals surface area contributed by atoms with Crippen molar-refractivity contribution in [2.24, 2.45) is 0 Å². The monoisotopic (exact) mass is 315 g/mol. The van der Waals surface area contributed by atoms with Crippen LogP contribution < -0.4 is 5.32 Å². The summed E-state index contributed by atoms with van der Waals surface area (Å²) in [5.41, 5.74) is 1.62. The molecule has 1 aromatic carbocycles. The van der Waals surface area contributed by atoms with Gasteiger partial charge in [-0.15, -0.1) is 0 Å². The van der Waals surface area contributed by atoms with Crippen LogP contribution >= 0.6 is 11.3 Å². The number of nitrogens with one attached hydrogen (secondary N) is 1. The minimum absolute atomic E-state index is 0.114. The van der Waals surface area contributed by atoms with Gasteiger partial charge in [0.1, 0.15) is 5.60 Å². The zero-order valence-electron chi connectivity index (χ0n) is 12.9. The van der Waals surface area contributed by atoms with Crippen molar-refractivity contribution in [3.05, 3.63) is 64.4 Å². The van der Waals surface area contributed by atoms with E-state index in [4.69, 9.17) is 4.74 Å². The van der Waals surface area contributed by atoms with Crippen LogP contribution in [0.1, 0.15) is 24.5 Å². The Kier molecular flexibility index (Phi) is 5.92. The Balaban J connectivity index is 2.01. The molecule has 0 aliphatic rings. The Morgan fingerprint density at radius 2 is 2.09 bits per heavy atom. The summed E-state index contributed by atoms with van der Waals surface area (Å²) in [4.78, 5) is 12.0. The maximum absolute atomic E-state index is 12.0. The molecule has 1 atom stereocenters. The van der Waals surface area contributed by atoms with E-state index in [-0.39, 0.29) is 5.91 Å². The van der Waals surface area contributed by atoms with Gasteiger partial charge in [0.2, 0.25) is 5.91 Å². The molecule has 0 unspecified atom stereocenters. The Morgan fingerprint density at radius 1 is 1.32 bits per heavy atom. The molecule has 1 aromatic heterocycles. The van der Waals surface area contributed by atoms with Crippen LogP contribution in [0.15, 0.2) is 53.2 Å². The number of methoxy groups -OCH3 is 1. The van der Waals surface area contributed by atoms with Gasteiger partial charge in [-0.1, -0.05) is 37.3 Å². The number of benzene rings is 1. The number of rotatable bonds is 7. The third-order valence-corrected chi connectivity index (χ3v) is 4.48. The first-order valence-electron chi connectivity index (χ1n) is 7.29. The van der Waals surface area contributed by atoms with Crippen molar-refractivity contribution in [2.75, 3.05) is 13.7 Å². The molecule has 1 amide bonds. The number of ether oxygens (including phenoxy) is 1. The average Bonchev–Trinajstić information content (AvgIpc) is 3.09. The van der Waals surface area contributed by atoms with Gasteiger partial charge in [0.15, 0.2) is 0 Å².